The second-order valence-electron chi connectivity index (χ2n) is 6.35. The molecule has 0 unspecified atom stereocenters. The van der Waals surface area contributed by atoms with Gasteiger partial charge in [0.2, 0.25) is 10.0 Å². The molecule has 2 aromatic carbocycles. The van der Waals surface area contributed by atoms with Crippen LogP contribution in [0.1, 0.15) is 31.7 Å². The highest BCUT2D eigenvalue weighted by Gasteiger charge is 2.19. The van der Waals surface area contributed by atoms with E-state index >= 15 is 0 Å². The molecule has 3 aromatic rings. The van der Waals surface area contributed by atoms with Gasteiger partial charge >= 0.3 is 0 Å². The highest BCUT2D eigenvalue weighted by molar-refractivity contribution is 7.89. The number of benzene rings is 2. The second kappa shape index (κ2) is 8.97. The molecule has 3 rings (SSSR count). The first kappa shape index (κ1) is 19.3. The quantitative estimate of drug-likeness (QED) is 0.559. The fourth-order valence-corrected chi connectivity index (χ4v) is 4.12. The molecule has 5 nitrogen and oxygen atoms in total. The van der Waals surface area contributed by atoms with Crippen LogP contribution >= 0.6 is 0 Å². The van der Waals surface area contributed by atoms with E-state index in [1.165, 1.54) is 0 Å². The maximum atomic E-state index is 12.9. The van der Waals surface area contributed by atoms with Gasteiger partial charge < -0.3 is 4.74 Å². The largest absolute Gasteiger partial charge is 0.493 e. The van der Waals surface area contributed by atoms with Crippen LogP contribution in [0.15, 0.2) is 65.8 Å². The van der Waals surface area contributed by atoms with Crippen molar-refractivity contribution in [2.75, 3.05) is 6.61 Å². The number of rotatable bonds is 9. The van der Waals surface area contributed by atoms with Crippen LogP contribution in [0.5, 0.6) is 5.75 Å². The molecular weight excluding hydrogens is 360 g/mol. The first-order valence-corrected chi connectivity index (χ1v) is 10.6. The molecule has 0 saturated carbocycles. The van der Waals surface area contributed by atoms with E-state index in [1.54, 1.807) is 30.6 Å². The van der Waals surface area contributed by atoms with Crippen LogP contribution in [-0.2, 0) is 16.6 Å². The molecule has 0 bridgehead atoms. The van der Waals surface area contributed by atoms with Gasteiger partial charge in [-0.2, -0.15) is 0 Å². The van der Waals surface area contributed by atoms with Gasteiger partial charge in [0.05, 0.1) is 11.5 Å². The van der Waals surface area contributed by atoms with Gasteiger partial charge in [-0.25, -0.2) is 13.1 Å². The van der Waals surface area contributed by atoms with E-state index in [-0.39, 0.29) is 11.4 Å². The molecule has 142 valence electrons. The summed E-state index contributed by atoms with van der Waals surface area (Å²) < 4.78 is 34.3. The van der Waals surface area contributed by atoms with Gasteiger partial charge in [0.25, 0.3) is 0 Å². The van der Waals surface area contributed by atoms with Gasteiger partial charge in [0.1, 0.15) is 5.75 Å². The number of ether oxygens (including phenoxy) is 1. The van der Waals surface area contributed by atoms with Crippen molar-refractivity contribution >= 4 is 20.8 Å². The summed E-state index contributed by atoms with van der Waals surface area (Å²) in [6.45, 7) is 2.97. The number of hydrogen-bond acceptors (Lipinski definition) is 4. The van der Waals surface area contributed by atoms with Crippen molar-refractivity contribution in [3.8, 4) is 5.75 Å². The Balaban J connectivity index is 1.86. The summed E-state index contributed by atoms with van der Waals surface area (Å²) >= 11 is 0. The van der Waals surface area contributed by atoms with Gasteiger partial charge in [0.15, 0.2) is 0 Å². The summed E-state index contributed by atoms with van der Waals surface area (Å²) in [6, 6.07) is 14.4. The maximum absolute atomic E-state index is 12.9. The summed E-state index contributed by atoms with van der Waals surface area (Å²) in [4.78, 5) is 4.26. The number of aromatic nitrogens is 1. The van der Waals surface area contributed by atoms with Crippen molar-refractivity contribution < 1.29 is 13.2 Å². The molecule has 1 N–H and O–H groups in total. The lowest BCUT2D eigenvalue weighted by atomic mass is 10.1. The molecule has 0 radical (unpaired) electrons. The molecule has 0 fully saturated rings. The maximum Gasteiger partial charge on any atom is 0.241 e. The van der Waals surface area contributed by atoms with Gasteiger partial charge in [-0.05, 0) is 30.2 Å². The van der Waals surface area contributed by atoms with E-state index in [9.17, 15) is 8.42 Å². The van der Waals surface area contributed by atoms with E-state index in [0.717, 1.165) is 30.2 Å². The fraction of sp³-hybridized carbons (Fsp3) is 0.286. The molecule has 0 saturated heterocycles. The van der Waals surface area contributed by atoms with Crippen LogP contribution in [0.4, 0.5) is 0 Å². The lowest BCUT2D eigenvalue weighted by Crippen LogP contribution is -2.23. The average molecular weight is 385 g/mol. The van der Waals surface area contributed by atoms with Crippen molar-refractivity contribution in [3.63, 3.8) is 0 Å². The third kappa shape index (κ3) is 4.84. The number of pyridine rings is 1. The zero-order valence-corrected chi connectivity index (χ0v) is 16.2. The summed E-state index contributed by atoms with van der Waals surface area (Å²) in [6.07, 6.45) is 6.53. The highest BCUT2D eigenvalue weighted by atomic mass is 32.2. The SMILES string of the molecule is CCCCCOc1ccc(S(=O)(=O)NCc2cccnc2)c2ccccc12. The topological polar surface area (TPSA) is 68.3 Å². The lowest BCUT2D eigenvalue weighted by Gasteiger charge is -2.13. The number of nitrogens with one attached hydrogen (secondary N) is 1. The Hall–Kier alpha value is -2.44. The molecule has 6 heteroatoms. The molecular formula is C21H24N2O3S. The zero-order valence-electron chi connectivity index (χ0n) is 15.4. The second-order valence-corrected chi connectivity index (χ2v) is 8.08. The number of unbranched alkanes of at least 4 members (excludes halogenated alkanes) is 2. The van der Waals surface area contributed by atoms with Gasteiger partial charge in [-0.15, -0.1) is 0 Å². The van der Waals surface area contributed by atoms with Crippen molar-refractivity contribution in [3.05, 3.63) is 66.5 Å². The smallest absolute Gasteiger partial charge is 0.241 e. The Morgan fingerprint density at radius 3 is 2.56 bits per heavy atom. The highest BCUT2D eigenvalue weighted by Crippen LogP contribution is 2.31. The monoisotopic (exact) mass is 384 g/mol. The summed E-state index contributed by atoms with van der Waals surface area (Å²) in [7, 11) is -3.66. The van der Waals surface area contributed by atoms with Crippen LogP contribution in [0, 0.1) is 0 Å². The Labute approximate surface area is 160 Å². The lowest BCUT2D eigenvalue weighted by molar-refractivity contribution is 0.309. The predicted octanol–water partition coefficient (Wildman–Crippen LogP) is 4.28. The van der Waals surface area contributed by atoms with Crippen LogP contribution in [0.2, 0.25) is 0 Å². The summed E-state index contributed by atoms with van der Waals surface area (Å²) in [5, 5.41) is 1.46. The minimum atomic E-state index is -3.66. The average Bonchev–Trinajstić information content (AvgIpc) is 2.70. The van der Waals surface area contributed by atoms with Crippen molar-refractivity contribution in [1.29, 1.82) is 0 Å². The van der Waals surface area contributed by atoms with Gasteiger partial charge in [-0.3, -0.25) is 4.98 Å². The molecule has 0 amide bonds. The van der Waals surface area contributed by atoms with Crippen LogP contribution in [0.25, 0.3) is 10.8 Å². The molecule has 0 aliphatic rings. The predicted molar refractivity (Wildman–Crippen MR) is 107 cm³/mol. The van der Waals surface area contributed by atoms with E-state index in [4.69, 9.17) is 4.74 Å². The molecule has 0 aliphatic carbocycles. The summed E-state index contributed by atoms with van der Waals surface area (Å²) in [5.41, 5.74) is 0.807. The minimum absolute atomic E-state index is 0.194. The van der Waals surface area contributed by atoms with Gasteiger partial charge in [0, 0.05) is 29.7 Å². The Kier molecular flexibility index (Phi) is 6.42. The number of hydrogen-bond donors (Lipinski definition) is 1. The van der Waals surface area contributed by atoms with E-state index in [1.807, 2.05) is 30.3 Å². The van der Waals surface area contributed by atoms with Crippen LogP contribution in [0.3, 0.4) is 0 Å². The molecule has 0 aliphatic heterocycles. The van der Waals surface area contributed by atoms with Crippen molar-refractivity contribution in [2.45, 2.75) is 37.6 Å². The number of fused-ring (bicyclic) bond motifs is 1. The molecule has 1 aromatic heterocycles. The van der Waals surface area contributed by atoms with Crippen LogP contribution < -0.4 is 9.46 Å². The van der Waals surface area contributed by atoms with E-state index < -0.39 is 10.0 Å². The Morgan fingerprint density at radius 1 is 1.00 bits per heavy atom. The summed E-state index contributed by atoms with van der Waals surface area (Å²) in [5.74, 6) is 0.716. The molecule has 1 heterocycles. The Morgan fingerprint density at radius 2 is 1.81 bits per heavy atom. The first-order chi connectivity index (χ1) is 13.1. The third-order valence-electron chi connectivity index (χ3n) is 4.33. The standard InChI is InChI=1S/C21H24N2O3S/c1-2-3-6-14-26-20-11-12-21(19-10-5-4-9-18(19)20)27(24,25)23-16-17-8-7-13-22-15-17/h4-5,7-13,15,23H,2-3,6,14,16H2,1H3. The van der Waals surface area contributed by atoms with Crippen LogP contribution in [-0.4, -0.2) is 20.0 Å². The molecule has 0 atom stereocenters. The zero-order chi connectivity index (χ0) is 19.1. The van der Waals surface area contributed by atoms with E-state index in [2.05, 4.69) is 16.6 Å². The van der Waals surface area contributed by atoms with Gasteiger partial charge in [-0.1, -0.05) is 50.1 Å². The first-order valence-electron chi connectivity index (χ1n) is 9.15. The van der Waals surface area contributed by atoms with E-state index in [0.29, 0.717) is 17.7 Å². The van der Waals surface area contributed by atoms with Crippen molar-refractivity contribution in [2.24, 2.45) is 0 Å². The van der Waals surface area contributed by atoms with Crippen molar-refractivity contribution in [1.82, 2.24) is 9.71 Å². The minimum Gasteiger partial charge on any atom is -0.493 e. The fourth-order valence-electron chi connectivity index (χ4n) is 2.90. The number of nitrogens with zero attached hydrogens (tertiary/aromatic N) is 1. The Bertz CT molecular complexity index is 989. The third-order valence-corrected chi connectivity index (χ3v) is 5.79. The normalized spacial score (nSPS) is 11.6. The number of sulfonamides is 1. The molecule has 0 spiro atoms. The molecule has 27 heavy (non-hydrogen) atoms.